The van der Waals surface area contributed by atoms with Gasteiger partial charge in [0, 0.05) is 29.1 Å². The number of nitrogens with zero attached hydrogens (tertiary/aromatic N) is 3. The predicted octanol–water partition coefficient (Wildman–Crippen LogP) is 7.10. The van der Waals surface area contributed by atoms with E-state index < -0.39 is 0 Å². The molecule has 0 N–H and O–H groups in total. The van der Waals surface area contributed by atoms with E-state index >= 15 is 0 Å². The number of aliphatic imine (C=N–C) groups is 2. The van der Waals surface area contributed by atoms with Crippen molar-refractivity contribution in [2.24, 2.45) is 17.0 Å². The van der Waals surface area contributed by atoms with Crippen LogP contribution in [0.25, 0.3) is 22.2 Å². The number of fused-ring (bicyclic) bond motifs is 2. The van der Waals surface area contributed by atoms with Gasteiger partial charge in [-0.2, -0.15) is 0 Å². The first-order valence-electron chi connectivity index (χ1n) is 10.8. The van der Waals surface area contributed by atoms with Crippen molar-refractivity contribution in [1.82, 2.24) is 4.57 Å². The molecule has 0 atom stereocenters. The van der Waals surface area contributed by atoms with Gasteiger partial charge in [-0.25, -0.2) is 9.98 Å². The summed E-state index contributed by atoms with van der Waals surface area (Å²) in [6.07, 6.45) is 0. The van der Waals surface area contributed by atoms with E-state index in [2.05, 4.69) is 90.5 Å². The average Bonchev–Trinajstić information content (AvgIpc) is 3.36. The monoisotopic (exact) mass is 411 g/mol. The number of aryl methyl sites for hydroxylation is 1. The first-order valence-corrected chi connectivity index (χ1v) is 10.8. The lowest BCUT2D eigenvalue weighted by atomic mass is 10.0. The molecule has 0 saturated heterocycles. The van der Waals surface area contributed by atoms with Crippen molar-refractivity contribution < 1.29 is 0 Å². The van der Waals surface area contributed by atoms with Gasteiger partial charge >= 0.3 is 0 Å². The van der Waals surface area contributed by atoms with E-state index in [1.165, 1.54) is 0 Å². The highest BCUT2D eigenvalue weighted by Crippen LogP contribution is 2.41. The van der Waals surface area contributed by atoms with Gasteiger partial charge in [0.05, 0.1) is 34.0 Å². The normalized spacial score (nSPS) is 14.0. The summed E-state index contributed by atoms with van der Waals surface area (Å²) in [4.78, 5) is 10.3. The van der Waals surface area contributed by atoms with Crippen LogP contribution in [0.5, 0.6) is 0 Å². The zero-order valence-corrected chi connectivity index (χ0v) is 17.7. The molecule has 152 valence electrons. The number of hydrogen-bond donors (Lipinski definition) is 0. The molecule has 0 fully saturated rings. The molecular weight excluding hydrogens is 390 g/mol. The van der Waals surface area contributed by atoms with Crippen LogP contribution in [0.2, 0.25) is 0 Å². The Balaban J connectivity index is 1.66. The lowest BCUT2D eigenvalue weighted by Gasteiger charge is -2.08. The number of rotatable bonds is 3. The van der Waals surface area contributed by atoms with E-state index in [0.717, 1.165) is 56.1 Å². The molecule has 0 aliphatic carbocycles. The molecule has 5 aromatic rings. The molecule has 0 bridgehead atoms. The Hall–Kier alpha value is -4.24. The molecule has 3 nitrogen and oxygen atoms in total. The number of hydrogen-bond acceptors (Lipinski definition) is 2. The minimum Gasteiger partial charge on any atom is -0.342 e. The summed E-state index contributed by atoms with van der Waals surface area (Å²) in [5.74, 6) is 0. The second-order valence-corrected chi connectivity index (χ2v) is 7.94. The van der Waals surface area contributed by atoms with Crippen LogP contribution in [0.3, 0.4) is 0 Å². The number of aromatic nitrogens is 1. The van der Waals surface area contributed by atoms with Gasteiger partial charge in [-0.05, 0) is 12.1 Å². The summed E-state index contributed by atoms with van der Waals surface area (Å²) >= 11 is 0. The Labute approximate surface area is 187 Å². The third kappa shape index (κ3) is 2.90. The fraction of sp³-hybridized carbons (Fsp3) is 0.0345. The van der Waals surface area contributed by atoms with Crippen LogP contribution in [-0.2, 0) is 7.05 Å². The third-order valence-corrected chi connectivity index (χ3v) is 6.01. The van der Waals surface area contributed by atoms with Crippen molar-refractivity contribution in [3.63, 3.8) is 0 Å². The summed E-state index contributed by atoms with van der Waals surface area (Å²) in [5.41, 5.74) is 9.33. The third-order valence-electron chi connectivity index (χ3n) is 6.01. The fourth-order valence-corrected chi connectivity index (χ4v) is 4.51. The van der Waals surface area contributed by atoms with E-state index in [4.69, 9.17) is 9.98 Å². The molecule has 6 rings (SSSR count). The van der Waals surface area contributed by atoms with Gasteiger partial charge in [-0.3, -0.25) is 0 Å². The van der Waals surface area contributed by atoms with Crippen LogP contribution in [-0.4, -0.2) is 16.0 Å². The van der Waals surface area contributed by atoms with Gasteiger partial charge < -0.3 is 4.57 Å². The lowest BCUT2D eigenvalue weighted by Crippen LogP contribution is -2.12. The molecule has 1 aliphatic heterocycles. The zero-order chi connectivity index (χ0) is 21.5. The SMILES string of the molecule is Cn1c(-c2ccccc2)c(N=C2C(c3ccccc3)=Nc3ccccc32)c2ccccc21. The zero-order valence-electron chi connectivity index (χ0n) is 17.7. The Morgan fingerprint density at radius 3 is 2.06 bits per heavy atom. The van der Waals surface area contributed by atoms with E-state index in [1.54, 1.807) is 0 Å². The highest BCUT2D eigenvalue weighted by atomic mass is 15.0. The summed E-state index contributed by atoms with van der Waals surface area (Å²) in [6, 6.07) is 37.5. The molecule has 0 amide bonds. The van der Waals surface area contributed by atoms with Crippen LogP contribution < -0.4 is 0 Å². The smallest absolute Gasteiger partial charge is 0.0994 e. The van der Waals surface area contributed by atoms with Crippen LogP contribution >= 0.6 is 0 Å². The van der Waals surface area contributed by atoms with Gasteiger partial charge in [-0.15, -0.1) is 0 Å². The predicted molar refractivity (Wildman–Crippen MR) is 134 cm³/mol. The van der Waals surface area contributed by atoms with Gasteiger partial charge in [0.15, 0.2) is 0 Å². The maximum Gasteiger partial charge on any atom is 0.0994 e. The summed E-state index contributed by atoms with van der Waals surface area (Å²) < 4.78 is 2.24. The molecule has 1 aliphatic rings. The molecule has 32 heavy (non-hydrogen) atoms. The van der Waals surface area contributed by atoms with Gasteiger partial charge in [0.1, 0.15) is 0 Å². The van der Waals surface area contributed by atoms with Crippen molar-refractivity contribution in [2.75, 3.05) is 0 Å². The van der Waals surface area contributed by atoms with Crippen molar-refractivity contribution in [1.29, 1.82) is 0 Å². The van der Waals surface area contributed by atoms with E-state index in [1.807, 2.05) is 30.3 Å². The number of benzene rings is 4. The molecule has 0 unspecified atom stereocenters. The highest BCUT2D eigenvalue weighted by molar-refractivity contribution is 6.57. The maximum absolute atomic E-state index is 5.35. The standard InChI is InChI=1S/C29H21N3/c1-32-25-19-11-9-17-23(25)28(29(32)21-14-6-3-7-15-21)31-27-22-16-8-10-18-24(22)30-26(27)20-12-4-2-5-13-20/h2-19H,1H3. The topological polar surface area (TPSA) is 29.6 Å². The minimum absolute atomic E-state index is 0.916. The Morgan fingerprint density at radius 2 is 1.28 bits per heavy atom. The van der Waals surface area contributed by atoms with E-state index in [-0.39, 0.29) is 0 Å². The molecule has 0 saturated carbocycles. The quantitative estimate of drug-likeness (QED) is 0.303. The van der Waals surface area contributed by atoms with Crippen LogP contribution in [0.4, 0.5) is 11.4 Å². The van der Waals surface area contributed by atoms with E-state index in [0.29, 0.717) is 0 Å². The molecule has 0 radical (unpaired) electrons. The fourth-order valence-electron chi connectivity index (χ4n) is 4.51. The van der Waals surface area contributed by atoms with Crippen molar-refractivity contribution >= 4 is 33.7 Å². The van der Waals surface area contributed by atoms with Crippen molar-refractivity contribution in [3.05, 3.63) is 120 Å². The van der Waals surface area contributed by atoms with Crippen LogP contribution in [0.1, 0.15) is 11.1 Å². The maximum atomic E-state index is 5.35. The minimum atomic E-state index is 0.916. The number of para-hydroxylation sites is 2. The lowest BCUT2D eigenvalue weighted by molar-refractivity contribution is 0.978. The molecule has 3 heteroatoms. The molecular formula is C29H21N3. The first-order chi connectivity index (χ1) is 15.8. The Bertz CT molecular complexity index is 1510. The second kappa shape index (κ2) is 7.47. The summed E-state index contributed by atoms with van der Waals surface area (Å²) in [7, 11) is 2.11. The first kappa shape index (κ1) is 18.5. The van der Waals surface area contributed by atoms with Gasteiger partial charge in [-0.1, -0.05) is 97.1 Å². The van der Waals surface area contributed by atoms with Crippen molar-refractivity contribution in [2.45, 2.75) is 0 Å². The average molecular weight is 412 g/mol. The molecule has 1 aromatic heterocycles. The Morgan fingerprint density at radius 1 is 0.656 bits per heavy atom. The largest absolute Gasteiger partial charge is 0.342 e. The van der Waals surface area contributed by atoms with Crippen molar-refractivity contribution in [3.8, 4) is 11.3 Å². The van der Waals surface area contributed by atoms with Gasteiger partial charge in [0.2, 0.25) is 0 Å². The molecule has 0 spiro atoms. The van der Waals surface area contributed by atoms with Crippen LogP contribution in [0.15, 0.2) is 119 Å². The molecule has 4 aromatic carbocycles. The summed E-state index contributed by atoms with van der Waals surface area (Å²) in [5, 5.41) is 1.14. The van der Waals surface area contributed by atoms with Gasteiger partial charge in [0.25, 0.3) is 0 Å². The Kier molecular flexibility index (Phi) is 4.32. The van der Waals surface area contributed by atoms with Crippen LogP contribution in [0, 0.1) is 0 Å². The van der Waals surface area contributed by atoms with E-state index in [9.17, 15) is 0 Å². The second-order valence-electron chi connectivity index (χ2n) is 7.94. The molecule has 2 heterocycles. The highest BCUT2D eigenvalue weighted by Gasteiger charge is 2.25. The summed E-state index contributed by atoms with van der Waals surface area (Å²) in [6.45, 7) is 0.